The van der Waals surface area contributed by atoms with Gasteiger partial charge in [0.15, 0.2) is 11.5 Å². The molecule has 0 radical (unpaired) electrons. The van der Waals surface area contributed by atoms with Crippen molar-refractivity contribution in [3.05, 3.63) is 53.6 Å². The number of methoxy groups -OCH3 is 1. The highest BCUT2D eigenvalue weighted by molar-refractivity contribution is 6.01. The number of benzene rings is 2. The van der Waals surface area contributed by atoms with Crippen molar-refractivity contribution >= 4 is 23.6 Å². The maximum atomic E-state index is 13.5. The Bertz CT molecular complexity index is 1300. The molecule has 3 N–H and O–H groups in total. The highest BCUT2D eigenvalue weighted by Crippen LogP contribution is 2.28. The van der Waals surface area contributed by atoms with Gasteiger partial charge in [-0.25, -0.2) is 0 Å². The van der Waals surface area contributed by atoms with Crippen LogP contribution in [-0.4, -0.2) is 80.1 Å². The van der Waals surface area contributed by atoms with Crippen LogP contribution in [0.4, 0.5) is 0 Å². The van der Waals surface area contributed by atoms with Crippen LogP contribution in [0.3, 0.4) is 0 Å². The number of nitrogens with zero attached hydrogens (tertiary/aromatic N) is 1. The van der Waals surface area contributed by atoms with Crippen LogP contribution in [0.2, 0.25) is 0 Å². The monoisotopic (exact) mass is 580 g/mol. The lowest BCUT2D eigenvalue weighted by molar-refractivity contribution is -0.139. The number of amides is 4. The van der Waals surface area contributed by atoms with Gasteiger partial charge in [0.05, 0.1) is 31.7 Å². The number of carbonyl (C=O) groups is 4. The molecule has 4 rings (SSSR count). The molecule has 2 aliphatic rings. The Morgan fingerprint density at radius 2 is 1.90 bits per heavy atom. The topological polar surface area (TPSA) is 135 Å². The predicted molar refractivity (Wildman–Crippen MR) is 156 cm³/mol. The summed E-state index contributed by atoms with van der Waals surface area (Å²) in [7, 11) is 1.55. The summed E-state index contributed by atoms with van der Waals surface area (Å²) in [6.07, 6.45) is 1.23. The van der Waals surface area contributed by atoms with Crippen LogP contribution in [0.1, 0.15) is 49.0 Å². The molecule has 42 heavy (non-hydrogen) atoms. The fourth-order valence-electron chi connectivity index (χ4n) is 5.17. The van der Waals surface area contributed by atoms with Gasteiger partial charge in [0.25, 0.3) is 5.91 Å². The van der Waals surface area contributed by atoms with Gasteiger partial charge >= 0.3 is 0 Å². The summed E-state index contributed by atoms with van der Waals surface area (Å²) in [4.78, 5) is 55.1. The van der Waals surface area contributed by atoms with Crippen molar-refractivity contribution in [2.75, 3.05) is 33.4 Å². The summed E-state index contributed by atoms with van der Waals surface area (Å²) >= 11 is 0. The third kappa shape index (κ3) is 7.51. The van der Waals surface area contributed by atoms with Gasteiger partial charge in [0.1, 0.15) is 31.0 Å². The second kappa shape index (κ2) is 14.1. The van der Waals surface area contributed by atoms with E-state index in [0.717, 1.165) is 18.4 Å². The molecule has 2 aromatic rings. The van der Waals surface area contributed by atoms with Gasteiger partial charge in [-0.2, -0.15) is 0 Å². The van der Waals surface area contributed by atoms with Crippen LogP contribution in [0.25, 0.3) is 0 Å². The van der Waals surface area contributed by atoms with Gasteiger partial charge in [-0.05, 0) is 55.5 Å². The van der Waals surface area contributed by atoms with Gasteiger partial charge in [-0.3, -0.25) is 19.2 Å². The number of ether oxygens (including phenoxy) is 3. The van der Waals surface area contributed by atoms with E-state index in [-0.39, 0.29) is 49.6 Å². The molecule has 3 atom stereocenters. The zero-order valence-electron chi connectivity index (χ0n) is 24.6. The van der Waals surface area contributed by atoms with Gasteiger partial charge in [-0.1, -0.05) is 32.0 Å². The summed E-state index contributed by atoms with van der Waals surface area (Å²) in [5, 5.41) is 8.25. The van der Waals surface area contributed by atoms with E-state index in [1.165, 1.54) is 0 Å². The third-order valence-electron chi connectivity index (χ3n) is 7.46. The zero-order chi connectivity index (χ0) is 30.2. The SMILES string of the molecule is COc1cc(C)ccc1OCCNC(=O)[C@@H]1CC(=O)N[C@H](C(C)C)C(=O)N2CCC[C@H]2COc2ccccc2C(=O)N1. The second-order valence-electron chi connectivity index (χ2n) is 10.9. The minimum Gasteiger partial charge on any atom is -0.493 e. The van der Waals surface area contributed by atoms with Crippen molar-refractivity contribution in [2.24, 2.45) is 5.92 Å². The minimum atomic E-state index is -1.20. The van der Waals surface area contributed by atoms with Gasteiger partial charge in [-0.15, -0.1) is 0 Å². The first-order valence-corrected chi connectivity index (χ1v) is 14.4. The molecule has 1 saturated heterocycles. The number of carbonyl (C=O) groups excluding carboxylic acids is 4. The fourth-order valence-corrected chi connectivity index (χ4v) is 5.17. The first-order valence-electron chi connectivity index (χ1n) is 14.4. The summed E-state index contributed by atoms with van der Waals surface area (Å²) in [6.45, 7) is 6.69. The van der Waals surface area contributed by atoms with Gasteiger partial charge in [0, 0.05) is 6.54 Å². The molecule has 2 aliphatic heterocycles. The fraction of sp³-hybridized carbons (Fsp3) is 0.484. The number of fused-ring (bicyclic) bond motifs is 2. The molecule has 0 saturated carbocycles. The summed E-state index contributed by atoms with van der Waals surface area (Å²) in [6, 6.07) is 10.1. The molecule has 226 valence electrons. The smallest absolute Gasteiger partial charge is 0.255 e. The quantitative estimate of drug-likeness (QED) is 0.428. The van der Waals surface area contributed by atoms with Gasteiger partial charge in [0.2, 0.25) is 17.7 Å². The maximum Gasteiger partial charge on any atom is 0.255 e. The molecule has 11 nitrogen and oxygen atoms in total. The Morgan fingerprint density at radius 3 is 2.67 bits per heavy atom. The van der Waals surface area contributed by atoms with Crippen LogP contribution in [0.5, 0.6) is 17.2 Å². The lowest BCUT2D eigenvalue weighted by Crippen LogP contribution is -2.55. The predicted octanol–water partition coefficient (Wildman–Crippen LogP) is 2.21. The lowest BCUT2D eigenvalue weighted by atomic mass is 10.0. The summed E-state index contributed by atoms with van der Waals surface area (Å²) < 4.78 is 17.2. The Morgan fingerprint density at radius 1 is 1.12 bits per heavy atom. The van der Waals surface area contributed by atoms with E-state index in [2.05, 4.69) is 16.0 Å². The van der Waals surface area contributed by atoms with Crippen LogP contribution in [0, 0.1) is 12.8 Å². The van der Waals surface area contributed by atoms with E-state index in [1.54, 1.807) is 42.3 Å². The molecule has 11 heteroatoms. The molecule has 1 fully saturated rings. The highest BCUT2D eigenvalue weighted by atomic mass is 16.5. The third-order valence-corrected chi connectivity index (χ3v) is 7.46. The summed E-state index contributed by atoms with van der Waals surface area (Å²) in [5.74, 6) is -0.530. The van der Waals surface area contributed by atoms with E-state index in [4.69, 9.17) is 14.2 Å². The van der Waals surface area contributed by atoms with E-state index in [9.17, 15) is 19.2 Å². The zero-order valence-corrected chi connectivity index (χ0v) is 24.6. The van der Waals surface area contributed by atoms with Crippen molar-refractivity contribution in [3.8, 4) is 17.2 Å². The molecule has 0 spiro atoms. The van der Waals surface area contributed by atoms with Crippen molar-refractivity contribution < 1.29 is 33.4 Å². The minimum absolute atomic E-state index is 0.118. The molecule has 0 aliphatic carbocycles. The first kappa shape index (κ1) is 30.7. The maximum absolute atomic E-state index is 13.5. The van der Waals surface area contributed by atoms with E-state index in [0.29, 0.717) is 23.8 Å². The van der Waals surface area contributed by atoms with Crippen LogP contribution in [-0.2, 0) is 14.4 Å². The normalized spacial score (nSPS) is 21.3. The number of para-hydroxylation sites is 1. The molecule has 0 aromatic heterocycles. The Labute approximate surface area is 246 Å². The first-order chi connectivity index (χ1) is 20.2. The van der Waals surface area contributed by atoms with E-state index in [1.807, 2.05) is 32.9 Å². The van der Waals surface area contributed by atoms with Crippen molar-refractivity contribution in [3.63, 3.8) is 0 Å². The van der Waals surface area contributed by atoms with Crippen LogP contribution >= 0.6 is 0 Å². The van der Waals surface area contributed by atoms with Crippen LogP contribution < -0.4 is 30.2 Å². The highest BCUT2D eigenvalue weighted by Gasteiger charge is 2.37. The van der Waals surface area contributed by atoms with Crippen molar-refractivity contribution in [1.29, 1.82) is 0 Å². The largest absolute Gasteiger partial charge is 0.493 e. The Balaban J connectivity index is 1.51. The van der Waals surface area contributed by atoms with Gasteiger partial charge < -0.3 is 35.1 Å². The molecule has 2 heterocycles. The molecule has 4 amide bonds. The Hall–Kier alpha value is -4.28. The lowest BCUT2D eigenvalue weighted by Gasteiger charge is -2.32. The number of nitrogens with one attached hydrogen (secondary N) is 3. The number of aryl methyl sites for hydroxylation is 1. The summed E-state index contributed by atoms with van der Waals surface area (Å²) in [5.41, 5.74) is 1.25. The van der Waals surface area contributed by atoms with E-state index >= 15 is 0 Å². The van der Waals surface area contributed by atoms with E-state index < -0.39 is 29.8 Å². The molecular weight excluding hydrogens is 540 g/mol. The average molecular weight is 581 g/mol. The second-order valence-corrected chi connectivity index (χ2v) is 10.9. The molecular formula is C31H40N4O7. The number of hydrogen-bond acceptors (Lipinski definition) is 7. The van der Waals surface area contributed by atoms with Crippen molar-refractivity contribution in [1.82, 2.24) is 20.9 Å². The van der Waals surface area contributed by atoms with Crippen molar-refractivity contribution in [2.45, 2.75) is 58.2 Å². The Kier molecular flexibility index (Phi) is 10.3. The molecule has 2 aromatic carbocycles. The number of rotatable bonds is 7. The molecule has 0 bridgehead atoms. The number of hydrogen-bond donors (Lipinski definition) is 3. The molecule has 0 unspecified atom stereocenters. The standard InChI is InChI=1S/C31H40N4O7/c1-19(2)28-31(39)35-14-7-8-21(35)18-42-24-10-6-5-9-22(24)29(37)33-23(17-27(36)34-28)30(38)32-13-15-41-25-12-11-20(3)16-26(25)40-4/h5-6,9-12,16,19,21,23,28H,7-8,13-15,17-18H2,1-4H3,(H,32,38)(H,33,37)(H,34,36)/t21-,23-,28+/m0/s1. The average Bonchev–Trinajstić information content (AvgIpc) is 3.45. The van der Waals surface area contributed by atoms with Crippen LogP contribution in [0.15, 0.2) is 42.5 Å².